The van der Waals surface area contributed by atoms with Gasteiger partial charge in [0.15, 0.2) is 0 Å². The Morgan fingerprint density at radius 3 is 2.56 bits per heavy atom. The second-order valence-electron chi connectivity index (χ2n) is 5.93. The van der Waals surface area contributed by atoms with E-state index in [9.17, 15) is 4.79 Å². The SMILES string of the molecule is CC(C)Oc1ccc(C(=O)N(CCC#N)Cc2ccccc2)cc1Br. The molecule has 0 heterocycles. The Labute approximate surface area is 157 Å². The van der Waals surface area contributed by atoms with Crippen LogP contribution in [0.4, 0.5) is 0 Å². The van der Waals surface area contributed by atoms with E-state index in [4.69, 9.17) is 10.00 Å². The summed E-state index contributed by atoms with van der Waals surface area (Å²) in [4.78, 5) is 14.6. The van der Waals surface area contributed by atoms with Gasteiger partial charge in [-0.3, -0.25) is 4.79 Å². The second kappa shape index (κ2) is 9.24. The van der Waals surface area contributed by atoms with Gasteiger partial charge < -0.3 is 9.64 Å². The highest BCUT2D eigenvalue weighted by atomic mass is 79.9. The van der Waals surface area contributed by atoms with Crippen LogP contribution in [-0.2, 0) is 6.54 Å². The lowest BCUT2D eigenvalue weighted by molar-refractivity contribution is 0.0746. The average Bonchev–Trinajstić information content (AvgIpc) is 2.60. The Morgan fingerprint density at radius 2 is 1.96 bits per heavy atom. The van der Waals surface area contributed by atoms with Gasteiger partial charge in [-0.2, -0.15) is 5.26 Å². The van der Waals surface area contributed by atoms with E-state index < -0.39 is 0 Å². The summed E-state index contributed by atoms with van der Waals surface area (Å²) in [5, 5.41) is 8.89. The summed E-state index contributed by atoms with van der Waals surface area (Å²) in [6, 6.07) is 17.2. The first-order valence-corrected chi connectivity index (χ1v) is 8.97. The van der Waals surface area contributed by atoms with E-state index >= 15 is 0 Å². The molecule has 4 nitrogen and oxygen atoms in total. The van der Waals surface area contributed by atoms with Gasteiger partial charge >= 0.3 is 0 Å². The molecule has 2 rings (SSSR count). The molecule has 0 aliphatic heterocycles. The van der Waals surface area contributed by atoms with Crippen LogP contribution in [0, 0.1) is 11.3 Å². The molecule has 0 unspecified atom stereocenters. The minimum Gasteiger partial charge on any atom is -0.490 e. The summed E-state index contributed by atoms with van der Waals surface area (Å²) in [6.07, 6.45) is 0.358. The fourth-order valence-electron chi connectivity index (χ4n) is 2.41. The number of benzene rings is 2. The van der Waals surface area contributed by atoms with Crippen molar-refractivity contribution in [3.05, 3.63) is 64.1 Å². The van der Waals surface area contributed by atoms with E-state index in [1.807, 2.05) is 44.2 Å². The van der Waals surface area contributed by atoms with Gasteiger partial charge in [0.05, 0.1) is 23.1 Å². The number of rotatable bonds is 7. The number of amides is 1. The van der Waals surface area contributed by atoms with Gasteiger partial charge in [-0.1, -0.05) is 30.3 Å². The standard InChI is InChI=1S/C20H21BrN2O2/c1-15(2)25-19-10-9-17(13-18(19)21)20(24)23(12-6-11-22)14-16-7-4-3-5-8-16/h3-5,7-10,13,15H,6,12,14H2,1-2H3. The summed E-state index contributed by atoms with van der Waals surface area (Å²) < 4.78 is 6.43. The molecule has 0 bridgehead atoms. The van der Waals surface area contributed by atoms with Crippen LogP contribution in [0.5, 0.6) is 5.75 Å². The first-order chi connectivity index (χ1) is 12.0. The van der Waals surface area contributed by atoms with Crippen molar-refractivity contribution in [2.75, 3.05) is 6.54 Å². The fraction of sp³-hybridized carbons (Fsp3) is 0.300. The number of nitriles is 1. The van der Waals surface area contributed by atoms with Gasteiger partial charge in [0, 0.05) is 18.7 Å². The van der Waals surface area contributed by atoms with Crippen molar-refractivity contribution in [3.8, 4) is 11.8 Å². The van der Waals surface area contributed by atoms with Crippen LogP contribution in [0.1, 0.15) is 36.2 Å². The largest absolute Gasteiger partial charge is 0.490 e. The van der Waals surface area contributed by atoms with E-state index in [0.717, 1.165) is 10.0 Å². The van der Waals surface area contributed by atoms with Gasteiger partial charge in [-0.05, 0) is 53.5 Å². The molecule has 0 N–H and O–H groups in total. The van der Waals surface area contributed by atoms with Crippen LogP contribution < -0.4 is 4.74 Å². The van der Waals surface area contributed by atoms with E-state index in [0.29, 0.717) is 30.8 Å². The maximum absolute atomic E-state index is 12.9. The predicted octanol–water partition coefficient (Wildman–Crippen LogP) is 4.79. The minimum atomic E-state index is -0.101. The van der Waals surface area contributed by atoms with Crippen molar-refractivity contribution in [2.45, 2.75) is 32.9 Å². The van der Waals surface area contributed by atoms with Crippen LogP contribution in [-0.4, -0.2) is 23.5 Å². The van der Waals surface area contributed by atoms with E-state index in [1.54, 1.807) is 23.1 Å². The van der Waals surface area contributed by atoms with Gasteiger partial charge in [-0.25, -0.2) is 0 Å². The van der Waals surface area contributed by atoms with Gasteiger partial charge in [0.2, 0.25) is 0 Å². The highest BCUT2D eigenvalue weighted by Crippen LogP contribution is 2.27. The minimum absolute atomic E-state index is 0.0584. The maximum atomic E-state index is 12.9. The molecule has 2 aromatic carbocycles. The number of halogens is 1. The molecule has 0 aromatic heterocycles. The molecule has 0 spiro atoms. The zero-order chi connectivity index (χ0) is 18.2. The Kier molecular flexibility index (Phi) is 7.03. The van der Waals surface area contributed by atoms with Gasteiger partial charge in [0.1, 0.15) is 5.75 Å². The zero-order valence-corrected chi connectivity index (χ0v) is 16.0. The Bertz CT molecular complexity index is 754. The lowest BCUT2D eigenvalue weighted by Gasteiger charge is -2.22. The summed E-state index contributed by atoms with van der Waals surface area (Å²) in [6.45, 7) is 4.78. The Balaban J connectivity index is 2.20. The quantitative estimate of drug-likeness (QED) is 0.670. The first kappa shape index (κ1) is 19.0. The van der Waals surface area contributed by atoms with Crippen molar-refractivity contribution in [1.29, 1.82) is 5.26 Å². The van der Waals surface area contributed by atoms with Crippen LogP contribution in [0.3, 0.4) is 0 Å². The molecule has 130 valence electrons. The van der Waals surface area contributed by atoms with Crippen LogP contribution in [0.2, 0.25) is 0 Å². The molecular weight excluding hydrogens is 380 g/mol. The smallest absolute Gasteiger partial charge is 0.254 e. The van der Waals surface area contributed by atoms with Gasteiger partial charge in [0.25, 0.3) is 5.91 Å². The number of carbonyl (C=O) groups excluding carboxylic acids is 1. The molecule has 0 atom stereocenters. The molecule has 0 aliphatic rings. The predicted molar refractivity (Wildman–Crippen MR) is 101 cm³/mol. The average molecular weight is 401 g/mol. The number of carbonyl (C=O) groups is 1. The van der Waals surface area contributed by atoms with Crippen molar-refractivity contribution < 1.29 is 9.53 Å². The third-order valence-corrected chi connectivity index (χ3v) is 4.16. The maximum Gasteiger partial charge on any atom is 0.254 e. The van der Waals surface area contributed by atoms with Crippen LogP contribution in [0.25, 0.3) is 0 Å². The normalized spacial score (nSPS) is 10.4. The van der Waals surface area contributed by atoms with Gasteiger partial charge in [-0.15, -0.1) is 0 Å². The lowest BCUT2D eigenvalue weighted by atomic mass is 10.1. The van der Waals surface area contributed by atoms with Crippen molar-refractivity contribution in [2.24, 2.45) is 0 Å². The molecule has 0 saturated heterocycles. The highest BCUT2D eigenvalue weighted by Gasteiger charge is 2.17. The van der Waals surface area contributed by atoms with Crippen molar-refractivity contribution in [1.82, 2.24) is 4.90 Å². The topological polar surface area (TPSA) is 53.3 Å². The molecule has 1 amide bonds. The Morgan fingerprint density at radius 1 is 1.24 bits per heavy atom. The third-order valence-electron chi connectivity index (χ3n) is 3.54. The summed E-state index contributed by atoms with van der Waals surface area (Å²) >= 11 is 3.46. The summed E-state index contributed by atoms with van der Waals surface area (Å²) in [5.41, 5.74) is 1.60. The highest BCUT2D eigenvalue weighted by molar-refractivity contribution is 9.10. The molecule has 0 aliphatic carbocycles. The molecule has 2 aromatic rings. The molecule has 0 radical (unpaired) electrons. The van der Waals surface area contributed by atoms with Crippen LogP contribution in [0.15, 0.2) is 53.0 Å². The fourth-order valence-corrected chi connectivity index (χ4v) is 2.88. The van der Waals surface area contributed by atoms with E-state index in [1.165, 1.54) is 0 Å². The molecule has 25 heavy (non-hydrogen) atoms. The van der Waals surface area contributed by atoms with Crippen molar-refractivity contribution in [3.63, 3.8) is 0 Å². The summed E-state index contributed by atoms with van der Waals surface area (Å²) in [7, 11) is 0. The summed E-state index contributed by atoms with van der Waals surface area (Å²) in [5.74, 6) is 0.606. The number of hydrogen-bond acceptors (Lipinski definition) is 3. The van der Waals surface area contributed by atoms with E-state index in [2.05, 4.69) is 22.0 Å². The first-order valence-electron chi connectivity index (χ1n) is 8.17. The molecular formula is C20H21BrN2O2. The molecule has 5 heteroatoms. The second-order valence-corrected chi connectivity index (χ2v) is 6.79. The number of hydrogen-bond donors (Lipinski definition) is 0. The number of ether oxygens (including phenoxy) is 1. The lowest BCUT2D eigenvalue weighted by Crippen LogP contribution is -2.31. The molecule has 0 saturated carbocycles. The zero-order valence-electron chi connectivity index (χ0n) is 14.4. The van der Waals surface area contributed by atoms with Crippen LogP contribution >= 0.6 is 15.9 Å². The third kappa shape index (κ3) is 5.61. The van der Waals surface area contributed by atoms with Crippen molar-refractivity contribution >= 4 is 21.8 Å². The monoisotopic (exact) mass is 400 g/mol. The van der Waals surface area contributed by atoms with E-state index in [-0.39, 0.29) is 12.0 Å². The molecule has 0 fully saturated rings. The number of nitrogens with zero attached hydrogens (tertiary/aromatic N) is 2. The Hall–Kier alpha value is -2.32.